The van der Waals surface area contributed by atoms with Crippen molar-refractivity contribution in [3.05, 3.63) is 46.8 Å². The number of rotatable bonds is 5. The lowest BCUT2D eigenvalue weighted by molar-refractivity contribution is 0.635. The number of nitrogens with zero attached hydrogens (tertiary/aromatic N) is 4. The van der Waals surface area contributed by atoms with Crippen molar-refractivity contribution in [2.45, 2.75) is 26.3 Å². The second kappa shape index (κ2) is 5.97. The number of anilines is 1. The molecule has 22 heavy (non-hydrogen) atoms. The Balaban J connectivity index is 1.72. The van der Waals surface area contributed by atoms with Crippen LogP contribution in [-0.2, 0) is 6.54 Å². The van der Waals surface area contributed by atoms with E-state index in [4.69, 9.17) is 0 Å². The molecule has 2 aromatic heterocycles. The van der Waals surface area contributed by atoms with E-state index in [9.17, 15) is 4.79 Å². The summed E-state index contributed by atoms with van der Waals surface area (Å²) in [4.78, 5) is 19.1. The molecule has 0 aliphatic heterocycles. The average molecular weight is 298 g/mol. The first-order chi connectivity index (χ1) is 10.6. The molecule has 7 nitrogen and oxygen atoms in total. The van der Waals surface area contributed by atoms with Gasteiger partial charge in [-0.2, -0.15) is 0 Å². The number of para-hydroxylation sites is 1. The summed E-state index contributed by atoms with van der Waals surface area (Å²) in [6.45, 7) is 5.49. The third-order valence-electron chi connectivity index (χ3n) is 3.42. The first-order valence-electron chi connectivity index (χ1n) is 7.26. The van der Waals surface area contributed by atoms with Gasteiger partial charge in [0.2, 0.25) is 5.95 Å². The zero-order valence-corrected chi connectivity index (χ0v) is 12.6. The molecule has 0 saturated heterocycles. The van der Waals surface area contributed by atoms with Crippen molar-refractivity contribution >= 4 is 16.9 Å². The third-order valence-corrected chi connectivity index (χ3v) is 3.42. The van der Waals surface area contributed by atoms with Gasteiger partial charge in [-0.15, -0.1) is 10.2 Å². The molecular formula is C15H18N6O. The lowest BCUT2D eigenvalue weighted by Crippen LogP contribution is -2.17. The van der Waals surface area contributed by atoms with Crippen molar-refractivity contribution in [2.24, 2.45) is 0 Å². The minimum atomic E-state index is -0.139. The Kier molecular flexibility index (Phi) is 3.86. The summed E-state index contributed by atoms with van der Waals surface area (Å²) in [5.41, 5.74) is 0.543. The molecular weight excluding hydrogens is 280 g/mol. The normalized spacial score (nSPS) is 11.2. The van der Waals surface area contributed by atoms with Gasteiger partial charge in [0.1, 0.15) is 12.2 Å². The molecule has 2 N–H and O–H groups in total. The molecule has 2 heterocycles. The Morgan fingerprint density at radius 1 is 1.32 bits per heavy atom. The number of hydrogen-bond donors (Lipinski definition) is 2. The Hall–Kier alpha value is -2.70. The second-order valence-corrected chi connectivity index (χ2v) is 5.40. The van der Waals surface area contributed by atoms with Crippen LogP contribution in [0.2, 0.25) is 0 Å². The number of aromatic amines is 1. The van der Waals surface area contributed by atoms with Gasteiger partial charge in [0.05, 0.1) is 10.9 Å². The van der Waals surface area contributed by atoms with Crippen molar-refractivity contribution < 1.29 is 0 Å². The predicted molar refractivity (Wildman–Crippen MR) is 85.0 cm³/mol. The van der Waals surface area contributed by atoms with Crippen molar-refractivity contribution in [1.29, 1.82) is 0 Å². The SMILES string of the molecule is CC(C)c1nncn1CCNc1nc2ccccc2c(=O)[nH]1. The van der Waals surface area contributed by atoms with E-state index in [1.54, 1.807) is 12.4 Å². The quantitative estimate of drug-likeness (QED) is 0.749. The van der Waals surface area contributed by atoms with E-state index in [0.717, 1.165) is 5.82 Å². The van der Waals surface area contributed by atoms with E-state index < -0.39 is 0 Å². The van der Waals surface area contributed by atoms with Crippen LogP contribution in [0.1, 0.15) is 25.6 Å². The summed E-state index contributed by atoms with van der Waals surface area (Å²) < 4.78 is 2.00. The molecule has 0 radical (unpaired) electrons. The Labute approximate surface area is 127 Å². The molecule has 7 heteroatoms. The van der Waals surface area contributed by atoms with E-state index in [0.29, 0.717) is 35.9 Å². The number of benzene rings is 1. The van der Waals surface area contributed by atoms with Crippen LogP contribution in [-0.4, -0.2) is 31.3 Å². The van der Waals surface area contributed by atoms with Gasteiger partial charge in [0.25, 0.3) is 5.56 Å². The standard InChI is InChI=1S/C15H18N6O/c1-10(2)13-20-17-9-21(13)8-7-16-15-18-12-6-4-3-5-11(12)14(22)19-15/h3-6,9-10H,7-8H2,1-2H3,(H2,16,18,19,22). The van der Waals surface area contributed by atoms with Crippen molar-refractivity contribution in [3.8, 4) is 0 Å². The largest absolute Gasteiger partial charge is 0.354 e. The average Bonchev–Trinajstić information content (AvgIpc) is 2.96. The molecule has 0 aliphatic rings. The van der Waals surface area contributed by atoms with E-state index in [1.165, 1.54) is 0 Å². The first kappa shape index (κ1) is 14.2. The summed E-state index contributed by atoms with van der Waals surface area (Å²) in [5, 5.41) is 11.8. The highest BCUT2D eigenvalue weighted by molar-refractivity contribution is 5.78. The number of nitrogens with one attached hydrogen (secondary N) is 2. The topological polar surface area (TPSA) is 88.5 Å². The highest BCUT2D eigenvalue weighted by atomic mass is 16.1. The maximum atomic E-state index is 12.0. The van der Waals surface area contributed by atoms with Gasteiger partial charge >= 0.3 is 0 Å². The number of H-pyrrole nitrogens is 1. The molecule has 0 saturated carbocycles. The van der Waals surface area contributed by atoms with Gasteiger partial charge in [-0.3, -0.25) is 9.78 Å². The van der Waals surface area contributed by atoms with Crippen molar-refractivity contribution in [3.63, 3.8) is 0 Å². The minimum Gasteiger partial charge on any atom is -0.354 e. The number of hydrogen-bond acceptors (Lipinski definition) is 5. The van der Waals surface area contributed by atoms with E-state index in [2.05, 4.69) is 39.3 Å². The number of fused-ring (bicyclic) bond motifs is 1. The molecule has 0 amide bonds. The van der Waals surface area contributed by atoms with Gasteiger partial charge in [-0.25, -0.2) is 4.98 Å². The zero-order valence-electron chi connectivity index (χ0n) is 12.6. The van der Waals surface area contributed by atoms with Crippen LogP contribution < -0.4 is 10.9 Å². The molecule has 0 fully saturated rings. The molecule has 0 bridgehead atoms. The van der Waals surface area contributed by atoms with E-state index >= 15 is 0 Å². The van der Waals surface area contributed by atoms with E-state index in [1.807, 2.05) is 22.8 Å². The van der Waals surface area contributed by atoms with Crippen LogP contribution >= 0.6 is 0 Å². The minimum absolute atomic E-state index is 0.139. The predicted octanol–water partition coefficient (Wildman–Crippen LogP) is 1.75. The van der Waals surface area contributed by atoms with Gasteiger partial charge < -0.3 is 9.88 Å². The van der Waals surface area contributed by atoms with Gasteiger partial charge in [-0.05, 0) is 12.1 Å². The molecule has 0 atom stereocenters. The lowest BCUT2D eigenvalue weighted by atomic mass is 10.2. The fraction of sp³-hybridized carbons (Fsp3) is 0.333. The molecule has 114 valence electrons. The fourth-order valence-electron chi connectivity index (χ4n) is 2.35. The van der Waals surface area contributed by atoms with Crippen molar-refractivity contribution in [2.75, 3.05) is 11.9 Å². The van der Waals surface area contributed by atoms with Crippen LogP contribution in [0.25, 0.3) is 10.9 Å². The summed E-state index contributed by atoms with van der Waals surface area (Å²) in [6.07, 6.45) is 1.72. The molecule has 3 aromatic rings. The molecule has 3 rings (SSSR count). The first-order valence-corrected chi connectivity index (χ1v) is 7.26. The van der Waals surface area contributed by atoms with Crippen molar-refractivity contribution in [1.82, 2.24) is 24.7 Å². The molecule has 0 unspecified atom stereocenters. The Morgan fingerprint density at radius 3 is 2.95 bits per heavy atom. The summed E-state index contributed by atoms with van der Waals surface area (Å²) in [7, 11) is 0. The molecule has 0 aliphatic carbocycles. The Morgan fingerprint density at radius 2 is 2.14 bits per heavy atom. The third kappa shape index (κ3) is 2.83. The summed E-state index contributed by atoms with van der Waals surface area (Å²) in [6, 6.07) is 7.28. The smallest absolute Gasteiger partial charge is 0.260 e. The second-order valence-electron chi connectivity index (χ2n) is 5.40. The van der Waals surface area contributed by atoms with Gasteiger partial charge in [0, 0.05) is 19.0 Å². The van der Waals surface area contributed by atoms with Gasteiger partial charge in [0.15, 0.2) is 0 Å². The van der Waals surface area contributed by atoms with Crippen LogP contribution in [0.4, 0.5) is 5.95 Å². The van der Waals surface area contributed by atoms with Crippen LogP contribution in [0.5, 0.6) is 0 Å². The zero-order chi connectivity index (χ0) is 15.5. The highest BCUT2D eigenvalue weighted by Gasteiger charge is 2.08. The van der Waals surface area contributed by atoms with Crippen LogP contribution in [0.3, 0.4) is 0 Å². The Bertz CT molecular complexity index is 835. The summed E-state index contributed by atoms with van der Waals surface area (Å²) in [5.74, 6) is 1.74. The maximum Gasteiger partial charge on any atom is 0.260 e. The molecule has 0 spiro atoms. The van der Waals surface area contributed by atoms with Crippen LogP contribution in [0, 0.1) is 0 Å². The summed E-state index contributed by atoms with van der Waals surface area (Å²) >= 11 is 0. The van der Waals surface area contributed by atoms with E-state index in [-0.39, 0.29) is 5.56 Å². The van der Waals surface area contributed by atoms with Gasteiger partial charge in [-0.1, -0.05) is 26.0 Å². The fourth-order valence-corrected chi connectivity index (χ4v) is 2.35. The number of aromatic nitrogens is 5. The maximum absolute atomic E-state index is 12.0. The monoisotopic (exact) mass is 298 g/mol. The molecule has 1 aromatic carbocycles. The highest BCUT2D eigenvalue weighted by Crippen LogP contribution is 2.10. The van der Waals surface area contributed by atoms with Crippen LogP contribution in [0.15, 0.2) is 35.4 Å². The lowest BCUT2D eigenvalue weighted by Gasteiger charge is -2.10.